The lowest BCUT2D eigenvalue weighted by atomic mass is 10.0. The summed E-state index contributed by atoms with van der Waals surface area (Å²) in [6.45, 7) is 8.00. The number of rotatable bonds is 5. The van der Waals surface area contributed by atoms with Crippen LogP contribution in [-0.4, -0.2) is 36.1 Å². The van der Waals surface area contributed by atoms with Gasteiger partial charge in [0.2, 0.25) is 0 Å². The number of nitrogens with zero attached hydrogens (tertiary/aromatic N) is 4. The molecule has 6 nitrogen and oxygen atoms in total. The minimum atomic E-state index is 0.509. The van der Waals surface area contributed by atoms with Gasteiger partial charge in [0.05, 0.1) is 0 Å². The molecule has 1 fully saturated rings. The van der Waals surface area contributed by atoms with Gasteiger partial charge in [-0.05, 0) is 35.7 Å². The topological polar surface area (TPSA) is 70.3 Å². The van der Waals surface area contributed by atoms with Crippen molar-refractivity contribution in [2.45, 2.75) is 19.8 Å². The van der Waals surface area contributed by atoms with Gasteiger partial charge >= 0.3 is 0 Å². The predicted octanol–water partition coefficient (Wildman–Crippen LogP) is 4.25. The van der Waals surface area contributed by atoms with Gasteiger partial charge in [0.25, 0.3) is 0 Å². The summed E-state index contributed by atoms with van der Waals surface area (Å²) >= 11 is 0. The first-order chi connectivity index (χ1) is 14.1. The van der Waals surface area contributed by atoms with Gasteiger partial charge in [0.15, 0.2) is 11.6 Å². The first-order valence-corrected chi connectivity index (χ1v) is 10.1. The fourth-order valence-corrected chi connectivity index (χ4v) is 3.64. The number of para-hydroxylation sites is 1. The van der Waals surface area contributed by atoms with Crippen LogP contribution < -0.4 is 20.9 Å². The molecule has 0 atom stereocenters. The van der Waals surface area contributed by atoms with Gasteiger partial charge in [-0.1, -0.05) is 44.2 Å². The molecule has 1 aliphatic heterocycles. The molecule has 1 saturated heterocycles. The van der Waals surface area contributed by atoms with Crippen molar-refractivity contribution < 1.29 is 0 Å². The lowest BCUT2D eigenvalue weighted by Crippen LogP contribution is -2.47. The first-order valence-electron chi connectivity index (χ1n) is 10.1. The molecule has 6 heteroatoms. The molecule has 150 valence electrons. The average molecular weight is 389 g/mol. The van der Waals surface area contributed by atoms with Crippen LogP contribution in [0.4, 0.5) is 28.7 Å². The van der Waals surface area contributed by atoms with E-state index in [1.165, 1.54) is 11.3 Å². The molecular weight excluding hydrogens is 360 g/mol. The highest BCUT2D eigenvalue weighted by molar-refractivity contribution is 5.78. The Kier molecular flexibility index (Phi) is 5.51. The minimum Gasteiger partial charge on any atom is -0.393 e. The van der Waals surface area contributed by atoms with Crippen molar-refractivity contribution in [3.8, 4) is 0 Å². The second kappa shape index (κ2) is 8.39. The summed E-state index contributed by atoms with van der Waals surface area (Å²) in [4.78, 5) is 13.5. The van der Waals surface area contributed by atoms with E-state index in [9.17, 15) is 0 Å². The molecule has 3 N–H and O–H groups in total. The molecule has 1 aliphatic rings. The largest absolute Gasteiger partial charge is 0.393 e. The maximum atomic E-state index is 6.44. The quantitative estimate of drug-likeness (QED) is 0.681. The molecule has 1 aromatic heterocycles. The molecule has 0 spiro atoms. The van der Waals surface area contributed by atoms with Crippen LogP contribution in [0.1, 0.15) is 25.3 Å². The Bertz CT molecular complexity index is 931. The van der Waals surface area contributed by atoms with Crippen molar-refractivity contribution in [1.29, 1.82) is 0 Å². The van der Waals surface area contributed by atoms with E-state index in [1.54, 1.807) is 6.33 Å². The zero-order valence-electron chi connectivity index (χ0n) is 17.0. The van der Waals surface area contributed by atoms with Crippen LogP contribution >= 0.6 is 0 Å². The summed E-state index contributed by atoms with van der Waals surface area (Å²) < 4.78 is 0. The maximum Gasteiger partial charge on any atom is 0.159 e. The van der Waals surface area contributed by atoms with Crippen LogP contribution in [0.25, 0.3) is 0 Å². The monoisotopic (exact) mass is 388 g/mol. The van der Waals surface area contributed by atoms with Crippen molar-refractivity contribution in [1.82, 2.24) is 9.97 Å². The zero-order chi connectivity index (χ0) is 20.2. The van der Waals surface area contributed by atoms with Gasteiger partial charge in [0, 0.05) is 37.6 Å². The molecule has 29 heavy (non-hydrogen) atoms. The Balaban J connectivity index is 1.46. The van der Waals surface area contributed by atoms with Crippen molar-refractivity contribution in [2.24, 2.45) is 0 Å². The van der Waals surface area contributed by atoms with E-state index in [1.807, 2.05) is 6.07 Å². The normalized spacial score (nSPS) is 14.3. The second-order valence-electron chi connectivity index (χ2n) is 7.67. The van der Waals surface area contributed by atoms with Crippen LogP contribution in [0.2, 0.25) is 0 Å². The Morgan fingerprint density at radius 1 is 0.862 bits per heavy atom. The molecule has 0 radical (unpaired) electrons. The van der Waals surface area contributed by atoms with E-state index in [-0.39, 0.29) is 0 Å². The lowest BCUT2D eigenvalue weighted by Gasteiger charge is -2.37. The highest BCUT2D eigenvalue weighted by Gasteiger charge is 2.21. The van der Waals surface area contributed by atoms with Gasteiger partial charge in [-0.25, -0.2) is 9.97 Å². The third-order valence-corrected chi connectivity index (χ3v) is 5.40. The number of nitrogens with two attached hydrogens (primary N) is 1. The van der Waals surface area contributed by atoms with Crippen LogP contribution in [-0.2, 0) is 0 Å². The Labute approximate surface area is 172 Å². The van der Waals surface area contributed by atoms with Gasteiger partial charge in [-0.2, -0.15) is 0 Å². The van der Waals surface area contributed by atoms with E-state index in [0.717, 1.165) is 37.7 Å². The summed E-state index contributed by atoms with van der Waals surface area (Å²) in [5, 5.41) is 3.34. The first kappa shape index (κ1) is 19.1. The predicted molar refractivity (Wildman–Crippen MR) is 121 cm³/mol. The summed E-state index contributed by atoms with van der Waals surface area (Å²) in [6.07, 6.45) is 1.58. The Hall–Kier alpha value is -3.28. The third-order valence-electron chi connectivity index (χ3n) is 5.40. The van der Waals surface area contributed by atoms with E-state index < -0.39 is 0 Å². The van der Waals surface area contributed by atoms with Crippen molar-refractivity contribution in [2.75, 3.05) is 47.0 Å². The van der Waals surface area contributed by atoms with E-state index in [0.29, 0.717) is 17.4 Å². The van der Waals surface area contributed by atoms with E-state index in [2.05, 4.69) is 87.5 Å². The Morgan fingerprint density at radius 3 is 2.17 bits per heavy atom. The number of aromatic nitrogens is 2. The fraction of sp³-hybridized carbons (Fsp3) is 0.304. The molecule has 4 rings (SSSR count). The number of benzene rings is 2. The standard InChI is InChI=1S/C23H28N6/c1-17(2)18-8-10-19(11-9-18)27-22-21(24)23(26-16-25-22)29-14-12-28(13-15-29)20-6-4-3-5-7-20/h3-11,16-17H,12-15,24H2,1-2H3,(H,25,26,27). The van der Waals surface area contributed by atoms with Gasteiger partial charge in [0.1, 0.15) is 12.0 Å². The zero-order valence-corrected chi connectivity index (χ0v) is 17.0. The molecule has 0 unspecified atom stereocenters. The van der Waals surface area contributed by atoms with Gasteiger partial charge in [-0.15, -0.1) is 0 Å². The highest BCUT2D eigenvalue weighted by Crippen LogP contribution is 2.30. The molecule has 0 aliphatic carbocycles. The van der Waals surface area contributed by atoms with Crippen molar-refractivity contribution in [3.05, 3.63) is 66.5 Å². The number of piperazine rings is 1. The summed E-state index contributed by atoms with van der Waals surface area (Å²) in [5.74, 6) is 1.96. The number of hydrogen-bond acceptors (Lipinski definition) is 6. The fourth-order valence-electron chi connectivity index (χ4n) is 3.64. The second-order valence-corrected chi connectivity index (χ2v) is 7.67. The minimum absolute atomic E-state index is 0.509. The number of anilines is 5. The number of nitrogen functional groups attached to an aromatic ring is 1. The van der Waals surface area contributed by atoms with Gasteiger partial charge < -0.3 is 20.9 Å². The summed E-state index contributed by atoms with van der Waals surface area (Å²) in [6, 6.07) is 18.9. The van der Waals surface area contributed by atoms with Crippen molar-refractivity contribution >= 4 is 28.7 Å². The van der Waals surface area contributed by atoms with Crippen LogP contribution in [0.3, 0.4) is 0 Å². The summed E-state index contributed by atoms with van der Waals surface area (Å²) in [5.41, 5.74) is 10.6. The molecule has 0 amide bonds. The SMILES string of the molecule is CC(C)c1ccc(Nc2ncnc(N3CCN(c4ccccc4)CC3)c2N)cc1. The molecule has 3 aromatic rings. The van der Waals surface area contributed by atoms with Crippen LogP contribution in [0.15, 0.2) is 60.9 Å². The highest BCUT2D eigenvalue weighted by atomic mass is 15.3. The number of hydrogen-bond donors (Lipinski definition) is 2. The summed E-state index contributed by atoms with van der Waals surface area (Å²) in [7, 11) is 0. The average Bonchev–Trinajstić information content (AvgIpc) is 2.76. The van der Waals surface area contributed by atoms with Crippen LogP contribution in [0.5, 0.6) is 0 Å². The van der Waals surface area contributed by atoms with E-state index >= 15 is 0 Å². The molecule has 2 heterocycles. The van der Waals surface area contributed by atoms with E-state index in [4.69, 9.17) is 5.73 Å². The van der Waals surface area contributed by atoms with Crippen molar-refractivity contribution in [3.63, 3.8) is 0 Å². The molecule has 0 bridgehead atoms. The Morgan fingerprint density at radius 2 is 1.52 bits per heavy atom. The number of nitrogens with one attached hydrogen (secondary N) is 1. The van der Waals surface area contributed by atoms with Gasteiger partial charge in [-0.3, -0.25) is 0 Å². The molecule has 0 saturated carbocycles. The smallest absolute Gasteiger partial charge is 0.159 e. The molecular formula is C23H28N6. The van der Waals surface area contributed by atoms with Crippen LogP contribution in [0, 0.1) is 0 Å². The third kappa shape index (κ3) is 4.26. The molecule has 2 aromatic carbocycles. The lowest BCUT2D eigenvalue weighted by molar-refractivity contribution is 0.647. The maximum absolute atomic E-state index is 6.44.